The maximum atomic E-state index is 4.50. The van der Waals surface area contributed by atoms with Gasteiger partial charge in [0.05, 0.1) is 0 Å². The minimum absolute atomic E-state index is 0.526. The summed E-state index contributed by atoms with van der Waals surface area (Å²) >= 11 is 0. The van der Waals surface area contributed by atoms with E-state index in [0.717, 1.165) is 19.0 Å². The van der Waals surface area contributed by atoms with Crippen molar-refractivity contribution in [2.24, 2.45) is 5.92 Å². The van der Waals surface area contributed by atoms with Crippen LogP contribution in [0.3, 0.4) is 0 Å². The summed E-state index contributed by atoms with van der Waals surface area (Å²) < 4.78 is 0. The Morgan fingerprint density at radius 2 is 2.27 bits per heavy atom. The lowest BCUT2D eigenvalue weighted by Gasteiger charge is -2.28. The van der Waals surface area contributed by atoms with Gasteiger partial charge in [-0.15, -0.1) is 0 Å². The lowest BCUT2D eigenvalue weighted by Crippen LogP contribution is -2.50. The predicted octanol–water partition coefficient (Wildman–Crippen LogP) is 0.997. The Balaban J connectivity index is 2.17. The summed E-state index contributed by atoms with van der Waals surface area (Å²) in [6.07, 6.45) is 1.26. The molecule has 1 radical (unpaired) electrons. The van der Waals surface area contributed by atoms with Gasteiger partial charge in [0.25, 0.3) is 0 Å². The van der Waals surface area contributed by atoms with Crippen molar-refractivity contribution in [1.29, 1.82) is 0 Å². The van der Waals surface area contributed by atoms with Crippen LogP contribution in [0.25, 0.3) is 0 Å². The fourth-order valence-corrected chi connectivity index (χ4v) is 1.50. The Bertz CT molecular complexity index is 104. The van der Waals surface area contributed by atoms with Crippen LogP contribution in [-0.2, 0) is 0 Å². The number of hydrogen-bond donors (Lipinski definition) is 1. The van der Waals surface area contributed by atoms with Crippen LogP contribution in [0.5, 0.6) is 0 Å². The fraction of sp³-hybridized carbons (Fsp3) is 1.00. The quantitative estimate of drug-likeness (QED) is 0.632. The Kier molecular flexibility index (Phi) is 3.34. The van der Waals surface area contributed by atoms with Crippen molar-refractivity contribution in [3.05, 3.63) is 0 Å². The molecule has 2 nitrogen and oxygen atoms in total. The van der Waals surface area contributed by atoms with E-state index in [1.54, 1.807) is 0 Å². The summed E-state index contributed by atoms with van der Waals surface area (Å²) in [5.74, 6) is 0.788. The Morgan fingerprint density at radius 3 is 2.73 bits per heavy atom. The minimum atomic E-state index is 0.526. The molecule has 0 saturated carbocycles. The monoisotopic (exact) mass is 155 g/mol. The molecule has 0 spiro atoms. The van der Waals surface area contributed by atoms with Crippen LogP contribution in [-0.4, -0.2) is 25.2 Å². The van der Waals surface area contributed by atoms with Gasteiger partial charge in [-0.05, 0) is 19.3 Å². The van der Waals surface area contributed by atoms with Gasteiger partial charge in [0.2, 0.25) is 0 Å². The molecule has 0 aromatic rings. The van der Waals surface area contributed by atoms with Gasteiger partial charge in [0, 0.05) is 25.2 Å². The molecule has 1 fully saturated rings. The first-order valence-electron chi connectivity index (χ1n) is 4.58. The molecule has 0 aromatic heterocycles. The zero-order valence-electron chi connectivity index (χ0n) is 7.80. The van der Waals surface area contributed by atoms with E-state index in [4.69, 9.17) is 0 Å². The van der Waals surface area contributed by atoms with Gasteiger partial charge in [0.15, 0.2) is 0 Å². The summed E-state index contributed by atoms with van der Waals surface area (Å²) in [4.78, 5) is 0. The van der Waals surface area contributed by atoms with Crippen molar-refractivity contribution in [2.45, 2.75) is 39.3 Å². The first kappa shape index (κ1) is 9.01. The van der Waals surface area contributed by atoms with Gasteiger partial charge in [-0.1, -0.05) is 13.8 Å². The Hall–Kier alpha value is -0.0800. The molecule has 0 amide bonds. The number of hydrogen-bond acceptors (Lipinski definition) is 1. The molecule has 1 N–H and O–H groups in total. The van der Waals surface area contributed by atoms with Crippen LogP contribution in [0.4, 0.5) is 0 Å². The van der Waals surface area contributed by atoms with Crippen LogP contribution in [0.2, 0.25) is 0 Å². The molecule has 0 aromatic carbocycles. The average molecular weight is 155 g/mol. The third kappa shape index (κ3) is 3.21. The minimum Gasteiger partial charge on any atom is -0.311 e. The standard InChI is InChI=1S/C9H19N2/c1-7(2)4-9-6-10-8(3)5-11-9/h7-9,11H,4-6H2,1-3H3. The average Bonchev–Trinajstić information content (AvgIpc) is 1.93. The fourth-order valence-electron chi connectivity index (χ4n) is 1.50. The second-order valence-electron chi connectivity index (χ2n) is 3.95. The summed E-state index contributed by atoms with van der Waals surface area (Å²) in [7, 11) is 0. The maximum absolute atomic E-state index is 4.50. The van der Waals surface area contributed by atoms with Crippen molar-refractivity contribution < 1.29 is 0 Å². The Labute approximate surface area is 69.8 Å². The normalized spacial score (nSPS) is 32.7. The lowest BCUT2D eigenvalue weighted by atomic mass is 10.0. The highest BCUT2D eigenvalue weighted by Gasteiger charge is 2.17. The first-order valence-corrected chi connectivity index (χ1v) is 4.58. The molecule has 2 unspecified atom stereocenters. The predicted molar refractivity (Wildman–Crippen MR) is 47.7 cm³/mol. The van der Waals surface area contributed by atoms with Crippen LogP contribution in [0.1, 0.15) is 27.2 Å². The molecular formula is C9H19N2. The molecular weight excluding hydrogens is 136 g/mol. The van der Waals surface area contributed by atoms with Crippen molar-refractivity contribution in [3.8, 4) is 0 Å². The van der Waals surface area contributed by atoms with Crippen molar-refractivity contribution >= 4 is 0 Å². The zero-order chi connectivity index (χ0) is 8.27. The molecule has 65 valence electrons. The van der Waals surface area contributed by atoms with E-state index in [-0.39, 0.29) is 0 Å². The molecule has 1 aliphatic rings. The van der Waals surface area contributed by atoms with E-state index in [1.165, 1.54) is 6.42 Å². The second kappa shape index (κ2) is 4.07. The highest BCUT2D eigenvalue weighted by Crippen LogP contribution is 2.06. The van der Waals surface area contributed by atoms with E-state index >= 15 is 0 Å². The third-order valence-electron chi connectivity index (χ3n) is 2.10. The first-order chi connectivity index (χ1) is 5.18. The molecule has 1 rings (SSSR count). The van der Waals surface area contributed by atoms with Gasteiger partial charge in [-0.25, -0.2) is 5.32 Å². The number of nitrogens with one attached hydrogen (secondary N) is 1. The zero-order valence-corrected chi connectivity index (χ0v) is 7.80. The number of piperazine rings is 1. The van der Waals surface area contributed by atoms with E-state index in [9.17, 15) is 0 Å². The SMILES string of the molecule is CC(C)CC1C[N]C(C)CN1. The molecule has 1 heterocycles. The van der Waals surface area contributed by atoms with Crippen molar-refractivity contribution in [3.63, 3.8) is 0 Å². The van der Waals surface area contributed by atoms with Gasteiger partial charge in [0.1, 0.15) is 0 Å². The van der Waals surface area contributed by atoms with Gasteiger partial charge in [-0.3, -0.25) is 0 Å². The summed E-state index contributed by atoms with van der Waals surface area (Å²) in [5.41, 5.74) is 0. The molecule has 0 aliphatic carbocycles. The van der Waals surface area contributed by atoms with Crippen LogP contribution >= 0.6 is 0 Å². The topological polar surface area (TPSA) is 26.1 Å². The number of nitrogens with zero attached hydrogens (tertiary/aromatic N) is 1. The molecule has 2 atom stereocenters. The summed E-state index contributed by atoms with van der Waals surface area (Å²) in [6, 6.07) is 1.17. The van der Waals surface area contributed by atoms with Gasteiger partial charge in [-0.2, -0.15) is 0 Å². The van der Waals surface area contributed by atoms with Gasteiger partial charge >= 0.3 is 0 Å². The maximum Gasteiger partial charge on any atom is 0.0343 e. The smallest absolute Gasteiger partial charge is 0.0343 e. The molecule has 1 saturated heterocycles. The van der Waals surface area contributed by atoms with Crippen LogP contribution < -0.4 is 10.6 Å². The molecule has 1 aliphatic heterocycles. The second-order valence-corrected chi connectivity index (χ2v) is 3.95. The highest BCUT2D eigenvalue weighted by molar-refractivity contribution is 4.80. The third-order valence-corrected chi connectivity index (χ3v) is 2.10. The van der Waals surface area contributed by atoms with Crippen LogP contribution in [0.15, 0.2) is 0 Å². The summed E-state index contributed by atoms with van der Waals surface area (Å²) in [5, 5.41) is 8.01. The number of rotatable bonds is 2. The van der Waals surface area contributed by atoms with Crippen molar-refractivity contribution in [1.82, 2.24) is 10.6 Å². The molecule has 2 heteroatoms. The van der Waals surface area contributed by atoms with E-state index in [2.05, 4.69) is 31.4 Å². The molecule has 0 bridgehead atoms. The van der Waals surface area contributed by atoms with E-state index in [0.29, 0.717) is 12.1 Å². The lowest BCUT2D eigenvalue weighted by molar-refractivity contribution is 0.317. The van der Waals surface area contributed by atoms with Crippen LogP contribution in [0, 0.1) is 5.92 Å². The van der Waals surface area contributed by atoms with E-state index < -0.39 is 0 Å². The highest BCUT2D eigenvalue weighted by atomic mass is 15.1. The molecule has 11 heavy (non-hydrogen) atoms. The van der Waals surface area contributed by atoms with E-state index in [1.807, 2.05) is 0 Å². The summed E-state index contributed by atoms with van der Waals surface area (Å²) in [6.45, 7) is 8.77. The van der Waals surface area contributed by atoms with Crippen molar-refractivity contribution in [2.75, 3.05) is 13.1 Å². The largest absolute Gasteiger partial charge is 0.311 e. The Morgan fingerprint density at radius 1 is 1.55 bits per heavy atom. The van der Waals surface area contributed by atoms with Gasteiger partial charge < -0.3 is 5.32 Å².